The van der Waals surface area contributed by atoms with Gasteiger partial charge in [-0.1, -0.05) is 19.1 Å². The zero-order chi connectivity index (χ0) is 27.6. The van der Waals surface area contributed by atoms with Crippen LogP contribution in [0, 0.1) is 5.92 Å². The molecule has 2 aromatic heterocycles. The van der Waals surface area contributed by atoms with Gasteiger partial charge in [-0.15, -0.1) is 0 Å². The highest BCUT2D eigenvalue weighted by Crippen LogP contribution is 2.33. The van der Waals surface area contributed by atoms with Crippen LogP contribution in [-0.2, 0) is 24.2 Å². The van der Waals surface area contributed by atoms with E-state index >= 15 is 0 Å². The van der Waals surface area contributed by atoms with E-state index in [1.807, 2.05) is 19.9 Å². The Labute approximate surface area is 227 Å². The molecule has 1 saturated heterocycles. The van der Waals surface area contributed by atoms with Gasteiger partial charge in [-0.25, -0.2) is 18.7 Å². The maximum atomic E-state index is 13.9. The van der Waals surface area contributed by atoms with E-state index < -0.39 is 5.92 Å². The van der Waals surface area contributed by atoms with Gasteiger partial charge in [0, 0.05) is 73.6 Å². The van der Waals surface area contributed by atoms with E-state index in [1.54, 1.807) is 29.7 Å². The molecule has 39 heavy (non-hydrogen) atoms. The Morgan fingerprint density at radius 3 is 2.67 bits per heavy atom. The monoisotopic (exact) mass is 532 g/mol. The molecule has 0 spiro atoms. The highest BCUT2D eigenvalue weighted by molar-refractivity contribution is 6.23. The van der Waals surface area contributed by atoms with Crippen molar-refractivity contribution in [3.05, 3.63) is 77.0 Å². The van der Waals surface area contributed by atoms with Crippen molar-refractivity contribution in [2.75, 3.05) is 25.4 Å². The van der Waals surface area contributed by atoms with Crippen LogP contribution in [0.2, 0.25) is 0 Å². The second-order valence-corrected chi connectivity index (χ2v) is 10.7. The number of carbonyl (C=O) groups excluding carboxylic acids is 1. The van der Waals surface area contributed by atoms with E-state index in [1.165, 1.54) is 0 Å². The second-order valence-electron chi connectivity index (χ2n) is 10.7. The van der Waals surface area contributed by atoms with Gasteiger partial charge in [-0.3, -0.25) is 14.7 Å². The van der Waals surface area contributed by atoms with E-state index in [-0.39, 0.29) is 30.6 Å². The molecule has 5 rings (SSSR count). The molecule has 3 N–H and O–H groups in total. The smallest absolute Gasteiger partial charge is 0.261 e. The zero-order valence-electron chi connectivity index (χ0n) is 22.4. The molecule has 2 aliphatic heterocycles. The van der Waals surface area contributed by atoms with Gasteiger partial charge >= 0.3 is 0 Å². The number of ketones is 1. The number of Topliss-reactive ketones (excluding diaryl/α,β-unsaturated/α-hetero) is 1. The number of anilines is 1. The molecule has 0 saturated carbocycles. The van der Waals surface area contributed by atoms with Gasteiger partial charge < -0.3 is 11.1 Å². The number of nitrogen functional groups attached to an aromatic ring is 1. The van der Waals surface area contributed by atoms with Crippen LogP contribution >= 0.6 is 0 Å². The normalized spacial score (nSPS) is 18.2. The number of hydrogen-bond acceptors (Lipinski definition) is 7. The Hall–Kier alpha value is -3.72. The Morgan fingerprint density at radius 1 is 1.13 bits per heavy atom. The lowest BCUT2D eigenvalue weighted by atomic mass is 9.84. The summed E-state index contributed by atoms with van der Waals surface area (Å²) in [5.41, 5.74) is 12.8. The van der Waals surface area contributed by atoms with Crippen LogP contribution in [0.5, 0.6) is 0 Å². The predicted molar refractivity (Wildman–Crippen MR) is 148 cm³/mol. The standard InChI is InChI=1S/C30H34F2N6O/c1-19(10-21-14-36-29(33)37-15-21)28(39)27-20(2)35-8-3-4-23-5-6-24(12-26(23)27)25-11-22(13-34-16-25)17-38-9-7-30(31,32)18-38/h5-6,11-16,19,35H,3-4,7-10,17-18H2,1-2H3,(H2,33,36,37)/t19-/m0/s1. The number of aryl methyl sites for hydroxylation is 1. The largest absolute Gasteiger partial charge is 0.388 e. The molecule has 204 valence electrons. The van der Waals surface area contributed by atoms with Crippen molar-refractivity contribution in [1.29, 1.82) is 0 Å². The molecule has 9 heteroatoms. The van der Waals surface area contributed by atoms with Crippen LogP contribution in [0.1, 0.15) is 48.9 Å². The van der Waals surface area contributed by atoms with Crippen molar-refractivity contribution in [3.63, 3.8) is 0 Å². The minimum absolute atomic E-state index is 0.0546. The number of halogens is 2. The Bertz CT molecular complexity index is 1390. The van der Waals surface area contributed by atoms with Gasteiger partial charge in [-0.05, 0) is 66.1 Å². The van der Waals surface area contributed by atoms with Crippen LogP contribution in [0.3, 0.4) is 0 Å². The van der Waals surface area contributed by atoms with Crippen LogP contribution < -0.4 is 11.1 Å². The number of fused-ring (bicyclic) bond motifs is 1. The Balaban J connectivity index is 1.44. The number of likely N-dealkylation sites (tertiary alicyclic amines) is 1. The highest BCUT2D eigenvalue weighted by atomic mass is 19.3. The predicted octanol–water partition coefficient (Wildman–Crippen LogP) is 4.68. The van der Waals surface area contributed by atoms with Crippen LogP contribution in [-0.4, -0.2) is 51.2 Å². The molecule has 0 unspecified atom stereocenters. The molecule has 1 aromatic carbocycles. The van der Waals surface area contributed by atoms with Crippen LogP contribution in [0.15, 0.2) is 54.7 Å². The molecule has 3 aromatic rings. The van der Waals surface area contributed by atoms with Crippen molar-refractivity contribution in [2.45, 2.75) is 52.0 Å². The van der Waals surface area contributed by atoms with Gasteiger partial charge in [-0.2, -0.15) is 0 Å². The number of alkyl halides is 2. The van der Waals surface area contributed by atoms with Gasteiger partial charge in [0.2, 0.25) is 5.95 Å². The first-order valence-corrected chi connectivity index (χ1v) is 13.4. The van der Waals surface area contributed by atoms with E-state index in [4.69, 9.17) is 5.73 Å². The first-order valence-electron chi connectivity index (χ1n) is 13.4. The first-order chi connectivity index (χ1) is 18.7. The third kappa shape index (κ3) is 6.30. The summed E-state index contributed by atoms with van der Waals surface area (Å²) < 4.78 is 27.4. The molecule has 0 radical (unpaired) electrons. The second kappa shape index (κ2) is 11.2. The van der Waals surface area contributed by atoms with E-state index in [9.17, 15) is 13.6 Å². The summed E-state index contributed by atoms with van der Waals surface area (Å²) in [7, 11) is 0. The lowest BCUT2D eigenvalue weighted by molar-refractivity contribution is -0.116. The third-order valence-electron chi connectivity index (χ3n) is 7.51. The molecule has 1 fully saturated rings. The summed E-state index contributed by atoms with van der Waals surface area (Å²) in [5, 5.41) is 3.44. The van der Waals surface area contributed by atoms with Crippen molar-refractivity contribution in [2.24, 2.45) is 5.92 Å². The molecule has 4 heterocycles. The van der Waals surface area contributed by atoms with Crippen molar-refractivity contribution in [1.82, 2.24) is 25.2 Å². The molecule has 0 bridgehead atoms. The molecular formula is C30H34F2N6O. The minimum Gasteiger partial charge on any atom is -0.388 e. The Kier molecular flexibility index (Phi) is 7.70. The summed E-state index contributed by atoms with van der Waals surface area (Å²) >= 11 is 0. The maximum Gasteiger partial charge on any atom is 0.261 e. The van der Waals surface area contributed by atoms with Crippen LogP contribution in [0.25, 0.3) is 16.7 Å². The summed E-state index contributed by atoms with van der Waals surface area (Å²) in [6.07, 6.45) is 9.07. The summed E-state index contributed by atoms with van der Waals surface area (Å²) in [5.74, 6) is -2.65. The minimum atomic E-state index is -2.63. The maximum absolute atomic E-state index is 13.9. The Morgan fingerprint density at radius 2 is 1.92 bits per heavy atom. The number of rotatable bonds is 7. The number of carbonyl (C=O) groups is 1. The molecule has 2 aliphatic rings. The van der Waals surface area contributed by atoms with Crippen molar-refractivity contribution < 1.29 is 13.6 Å². The van der Waals surface area contributed by atoms with E-state index in [0.29, 0.717) is 25.1 Å². The fraction of sp³-hybridized carbons (Fsp3) is 0.400. The lowest BCUT2D eigenvalue weighted by Crippen LogP contribution is -2.25. The number of allylic oxidation sites excluding steroid dienone is 2. The number of nitrogens with one attached hydrogen (secondary N) is 1. The number of pyridine rings is 1. The van der Waals surface area contributed by atoms with E-state index in [0.717, 1.165) is 58.5 Å². The summed E-state index contributed by atoms with van der Waals surface area (Å²) in [6.45, 7) is 5.27. The first kappa shape index (κ1) is 26.9. The van der Waals surface area contributed by atoms with Crippen molar-refractivity contribution >= 4 is 17.3 Å². The number of nitrogens with two attached hydrogens (primary N) is 1. The topological polar surface area (TPSA) is 97.0 Å². The quantitative estimate of drug-likeness (QED) is 0.456. The fourth-order valence-electron chi connectivity index (χ4n) is 5.46. The SMILES string of the molecule is CC1=C(C(=O)[C@@H](C)Cc2cnc(N)nc2)c2cc(-c3cncc(CN4CCC(F)(F)C4)c3)ccc2CCCN1. The third-order valence-corrected chi connectivity index (χ3v) is 7.51. The van der Waals surface area contributed by atoms with Gasteiger partial charge in [0.15, 0.2) is 5.78 Å². The van der Waals surface area contributed by atoms with Gasteiger partial charge in [0.05, 0.1) is 6.54 Å². The average Bonchev–Trinajstić information content (AvgIpc) is 3.25. The lowest BCUT2D eigenvalue weighted by Gasteiger charge is -2.23. The number of aromatic nitrogens is 3. The van der Waals surface area contributed by atoms with Gasteiger partial charge in [0.25, 0.3) is 5.92 Å². The molecule has 7 nitrogen and oxygen atoms in total. The molecule has 1 atom stereocenters. The number of nitrogens with zero attached hydrogens (tertiary/aromatic N) is 4. The average molecular weight is 533 g/mol. The number of hydrogen-bond donors (Lipinski definition) is 2. The fourth-order valence-corrected chi connectivity index (χ4v) is 5.46. The van der Waals surface area contributed by atoms with Crippen molar-refractivity contribution in [3.8, 4) is 11.1 Å². The van der Waals surface area contributed by atoms with Gasteiger partial charge in [0.1, 0.15) is 0 Å². The molecule has 0 aliphatic carbocycles. The summed E-state index contributed by atoms with van der Waals surface area (Å²) in [4.78, 5) is 28.2. The highest BCUT2D eigenvalue weighted by Gasteiger charge is 2.38. The van der Waals surface area contributed by atoms with Crippen LogP contribution in [0.4, 0.5) is 14.7 Å². The zero-order valence-corrected chi connectivity index (χ0v) is 22.4. The van der Waals surface area contributed by atoms with E-state index in [2.05, 4.69) is 38.5 Å². The summed E-state index contributed by atoms with van der Waals surface area (Å²) in [6, 6.07) is 8.24. The number of benzene rings is 1. The molecule has 0 amide bonds. The molecular weight excluding hydrogens is 498 g/mol.